The van der Waals surface area contributed by atoms with Gasteiger partial charge in [-0.2, -0.15) is 0 Å². The van der Waals surface area contributed by atoms with Crippen molar-refractivity contribution in [2.24, 2.45) is 0 Å². The fraction of sp³-hybridized carbons (Fsp3) is 0.500. The summed E-state index contributed by atoms with van der Waals surface area (Å²) >= 11 is 14.9. The lowest BCUT2D eigenvalue weighted by Crippen LogP contribution is -2.31. The maximum absolute atomic E-state index is 5.81. The standard InChI is InChI=1S/C10H13BrCl2N2/c1-10(2,3-4-12)15-9-8(11)5-7(13)6-14-9/h5-6H,3-4H2,1-2H3,(H,14,15). The number of nitrogens with zero attached hydrogens (tertiary/aromatic N) is 1. The van der Waals surface area contributed by atoms with Crippen LogP contribution in [0.3, 0.4) is 0 Å². The summed E-state index contributed by atoms with van der Waals surface area (Å²) in [6, 6.07) is 1.81. The molecule has 0 aliphatic heterocycles. The first-order valence-corrected chi connectivity index (χ1v) is 6.30. The zero-order valence-electron chi connectivity index (χ0n) is 8.65. The summed E-state index contributed by atoms with van der Waals surface area (Å²) in [6.45, 7) is 4.16. The molecule has 15 heavy (non-hydrogen) atoms. The van der Waals surface area contributed by atoms with Crippen LogP contribution in [0.2, 0.25) is 5.02 Å². The first-order valence-electron chi connectivity index (χ1n) is 4.60. The molecule has 0 saturated heterocycles. The molecule has 0 amide bonds. The van der Waals surface area contributed by atoms with Gasteiger partial charge in [-0.25, -0.2) is 4.98 Å². The van der Waals surface area contributed by atoms with Crippen LogP contribution in [0.15, 0.2) is 16.7 Å². The van der Waals surface area contributed by atoms with E-state index >= 15 is 0 Å². The van der Waals surface area contributed by atoms with Crippen molar-refractivity contribution >= 4 is 44.9 Å². The summed E-state index contributed by atoms with van der Waals surface area (Å²) in [6.07, 6.45) is 2.48. The lowest BCUT2D eigenvalue weighted by atomic mass is 10.0. The molecule has 1 heterocycles. The Balaban J connectivity index is 2.80. The average molecular weight is 312 g/mol. The Morgan fingerprint density at radius 1 is 1.53 bits per heavy atom. The predicted octanol–water partition coefficient (Wildman–Crippen LogP) is 4.32. The monoisotopic (exact) mass is 310 g/mol. The molecule has 0 spiro atoms. The molecule has 1 aromatic heterocycles. The summed E-state index contributed by atoms with van der Waals surface area (Å²) in [4.78, 5) is 4.21. The van der Waals surface area contributed by atoms with Gasteiger partial charge in [0.25, 0.3) is 0 Å². The molecular formula is C10H13BrCl2N2. The van der Waals surface area contributed by atoms with Crippen molar-refractivity contribution in [1.29, 1.82) is 0 Å². The molecule has 84 valence electrons. The molecule has 0 saturated carbocycles. The zero-order chi connectivity index (χ0) is 11.5. The van der Waals surface area contributed by atoms with Crippen LogP contribution in [-0.2, 0) is 0 Å². The maximum Gasteiger partial charge on any atom is 0.140 e. The number of nitrogens with one attached hydrogen (secondary N) is 1. The molecule has 0 aromatic carbocycles. The Labute approximate surface area is 108 Å². The zero-order valence-corrected chi connectivity index (χ0v) is 11.7. The van der Waals surface area contributed by atoms with Crippen LogP contribution in [0.4, 0.5) is 5.82 Å². The van der Waals surface area contributed by atoms with Gasteiger partial charge in [-0.3, -0.25) is 0 Å². The molecule has 1 aromatic rings. The van der Waals surface area contributed by atoms with Gasteiger partial charge in [0.05, 0.1) is 9.50 Å². The van der Waals surface area contributed by atoms with Crippen molar-refractivity contribution in [2.45, 2.75) is 25.8 Å². The Bertz CT molecular complexity index is 342. The van der Waals surface area contributed by atoms with E-state index in [2.05, 4.69) is 40.1 Å². The highest BCUT2D eigenvalue weighted by atomic mass is 79.9. The lowest BCUT2D eigenvalue weighted by Gasteiger charge is -2.26. The van der Waals surface area contributed by atoms with E-state index in [0.717, 1.165) is 16.7 Å². The van der Waals surface area contributed by atoms with E-state index in [4.69, 9.17) is 23.2 Å². The van der Waals surface area contributed by atoms with Crippen LogP contribution in [-0.4, -0.2) is 16.4 Å². The number of aromatic nitrogens is 1. The molecule has 0 radical (unpaired) electrons. The normalized spacial score (nSPS) is 11.5. The van der Waals surface area contributed by atoms with Gasteiger partial charge in [0, 0.05) is 17.6 Å². The molecule has 5 heteroatoms. The van der Waals surface area contributed by atoms with Crippen molar-refractivity contribution in [3.63, 3.8) is 0 Å². The molecule has 0 aliphatic rings. The van der Waals surface area contributed by atoms with Gasteiger partial charge >= 0.3 is 0 Å². The number of pyridine rings is 1. The number of halogens is 3. The van der Waals surface area contributed by atoms with Gasteiger partial charge in [0.1, 0.15) is 5.82 Å². The van der Waals surface area contributed by atoms with E-state index in [9.17, 15) is 0 Å². The fourth-order valence-electron chi connectivity index (χ4n) is 1.13. The van der Waals surface area contributed by atoms with Gasteiger partial charge in [-0.1, -0.05) is 11.6 Å². The largest absolute Gasteiger partial charge is 0.364 e. The average Bonchev–Trinajstić information content (AvgIpc) is 2.09. The summed E-state index contributed by atoms with van der Waals surface area (Å²) in [5, 5.41) is 3.93. The highest BCUT2D eigenvalue weighted by Crippen LogP contribution is 2.26. The summed E-state index contributed by atoms with van der Waals surface area (Å²) in [7, 11) is 0. The Morgan fingerprint density at radius 2 is 2.20 bits per heavy atom. The number of rotatable bonds is 4. The lowest BCUT2D eigenvalue weighted by molar-refractivity contribution is 0.547. The van der Waals surface area contributed by atoms with Crippen molar-refractivity contribution in [2.75, 3.05) is 11.2 Å². The minimum atomic E-state index is -0.0783. The molecule has 1 rings (SSSR count). The van der Waals surface area contributed by atoms with Gasteiger partial charge in [-0.05, 0) is 42.3 Å². The Morgan fingerprint density at radius 3 is 2.73 bits per heavy atom. The molecule has 0 atom stereocenters. The molecule has 0 bridgehead atoms. The number of anilines is 1. The van der Waals surface area contributed by atoms with Gasteiger partial charge < -0.3 is 5.32 Å². The van der Waals surface area contributed by atoms with Crippen LogP contribution < -0.4 is 5.32 Å². The number of alkyl halides is 1. The van der Waals surface area contributed by atoms with E-state index in [1.165, 1.54) is 0 Å². The second-order valence-electron chi connectivity index (χ2n) is 3.93. The van der Waals surface area contributed by atoms with Crippen molar-refractivity contribution in [3.8, 4) is 0 Å². The second-order valence-corrected chi connectivity index (χ2v) is 5.60. The molecule has 0 fully saturated rings. The molecule has 0 unspecified atom stereocenters. The smallest absolute Gasteiger partial charge is 0.140 e. The fourth-order valence-corrected chi connectivity index (χ4v) is 2.34. The van der Waals surface area contributed by atoms with Crippen molar-refractivity contribution in [3.05, 3.63) is 21.8 Å². The van der Waals surface area contributed by atoms with E-state index in [-0.39, 0.29) is 5.54 Å². The molecule has 2 nitrogen and oxygen atoms in total. The van der Waals surface area contributed by atoms with E-state index in [1.807, 2.05) is 6.07 Å². The Kier molecular flexibility index (Phi) is 4.68. The summed E-state index contributed by atoms with van der Waals surface area (Å²) in [5.41, 5.74) is -0.0783. The van der Waals surface area contributed by atoms with Gasteiger partial charge in [-0.15, -0.1) is 11.6 Å². The van der Waals surface area contributed by atoms with Gasteiger partial charge in [0.15, 0.2) is 0 Å². The third kappa shape index (κ3) is 4.17. The first-order chi connectivity index (χ1) is 6.94. The number of hydrogen-bond donors (Lipinski definition) is 1. The first kappa shape index (κ1) is 13.1. The van der Waals surface area contributed by atoms with E-state index < -0.39 is 0 Å². The van der Waals surface area contributed by atoms with Crippen LogP contribution in [0.25, 0.3) is 0 Å². The topological polar surface area (TPSA) is 24.9 Å². The molecule has 0 aliphatic carbocycles. The van der Waals surface area contributed by atoms with Crippen LogP contribution >= 0.6 is 39.1 Å². The summed E-state index contributed by atoms with van der Waals surface area (Å²) in [5.74, 6) is 1.40. The third-order valence-electron chi connectivity index (χ3n) is 1.98. The van der Waals surface area contributed by atoms with Crippen LogP contribution in [0.1, 0.15) is 20.3 Å². The molecular weight excluding hydrogens is 299 g/mol. The van der Waals surface area contributed by atoms with Crippen LogP contribution in [0, 0.1) is 0 Å². The van der Waals surface area contributed by atoms with Crippen molar-refractivity contribution in [1.82, 2.24) is 4.98 Å². The van der Waals surface area contributed by atoms with E-state index in [0.29, 0.717) is 10.9 Å². The van der Waals surface area contributed by atoms with Gasteiger partial charge in [0.2, 0.25) is 0 Å². The predicted molar refractivity (Wildman–Crippen MR) is 70.0 cm³/mol. The number of hydrogen-bond acceptors (Lipinski definition) is 2. The highest BCUT2D eigenvalue weighted by Gasteiger charge is 2.18. The highest BCUT2D eigenvalue weighted by molar-refractivity contribution is 9.10. The second kappa shape index (κ2) is 5.37. The Hall–Kier alpha value is 0.01000. The minimum Gasteiger partial charge on any atom is -0.364 e. The third-order valence-corrected chi connectivity index (χ3v) is 2.98. The van der Waals surface area contributed by atoms with Crippen molar-refractivity contribution < 1.29 is 0 Å². The maximum atomic E-state index is 5.81. The van der Waals surface area contributed by atoms with Crippen LogP contribution in [0.5, 0.6) is 0 Å². The summed E-state index contributed by atoms with van der Waals surface area (Å²) < 4.78 is 0.859. The minimum absolute atomic E-state index is 0.0783. The van der Waals surface area contributed by atoms with E-state index in [1.54, 1.807) is 6.20 Å². The SMILES string of the molecule is CC(C)(CCCl)Nc1ncc(Cl)cc1Br. The quantitative estimate of drug-likeness (QED) is 0.838. The molecule has 1 N–H and O–H groups in total.